The SMILES string of the molecule is Cc1ccc(OCc2nc3ccc(C#N)cc3[nH]2)cc1. The molecule has 0 aliphatic carbocycles. The number of nitrogens with one attached hydrogen (secondary N) is 1. The third-order valence-corrected chi connectivity index (χ3v) is 3.06. The first-order chi connectivity index (χ1) is 9.74. The van der Waals surface area contributed by atoms with Crippen molar-refractivity contribution in [3.8, 4) is 11.8 Å². The van der Waals surface area contributed by atoms with Gasteiger partial charge in [0.25, 0.3) is 0 Å². The number of aromatic amines is 1. The number of ether oxygens (including phenoxy) is 1. The van der Waals surface area contributed by atoms with E-state index in [-0.39, 0.29) is 0 Å². The maximum Gasteiger partial charge on any atom is 0.146 e. The Morgan fingerprint density at radius 3 is 2.75 bits per heavy atom. The van der Waals surface area contributed by atoms with Gasteiger partial charge in [-0.3, -0.25) is 0 Å². The predicted octanol–water partition coefficient (Wildman–Crippen LogP) is 3.32. The van der Waals surface area contributed by atoms with Gasteiger partial charge in [0.2, 0.25) is 0 Å². The van der Waals surface area contributed by atoms with Gasteiger partial charge >= 0.3 is 0 Å². The van der Waals surface area contributed by atoms with Crippen molar-refractivity contribution in [3.63, 3.8) is 0 Å². The molecule has 0 saturated carbocycles. The van der Waals surface area contributed by atoms with E-state index in [0.717, 1.165) is 22.6 Å². The molecule has 0 bridgehead atoms. The predicted molar refractivity (Wildman–Crippen MR) is 76.3 cm³/mol. The van der Waals surface area contributed by atoms with Crippen LogP contribution in [0.15, 0.2) is 42.5 Å². The van der Waals surface area contributed by atoms with Crippen LogP contribution in [0.5, 0.6) is 5.75 Å². The molecule has 2 aromatic carbocycles. The Hall–Kier alpha value is -2.80. The van der Waals surface area contributed by atoms with Crippen LogP contribution in [0, 0.1) is 18.3 Å². The molecule has 0 amide bonds. The Morgan fingerprint density at radius 2 is 2.00 bits per heavy atom. The number of benzene rings is 2. The minimum absolute atomic E-state index is 0.375. The Balaban J connectivity index is 1.77. The van der Waals surface area contributed by atoms with Crippen LogP contribution in [0.3, 0.4) is 0 Å². The van der Waals surface area contributed by atoms with Crippen molar-refractivity contribution < 1.29 is 4.74 Å². The third kappa shape index (κ3) is 2.47. The van der Waals surface area contributed by atoms with Gasteiger partial charge in [0.05, 0.1) is 22.7 Å². The van der Waals surface area contributed by atoms with Crippen LogP contribution in [0.1, 0.15) is 17.0 Å². The monoisotopic (exact) mass is 263 g/mol. The molecule has 4 heteroatoms. The molecular weight excluding hydrogens is 250 g/mol. The summed E-state index contributed by atoms with van der Waals surface area (Å²) >= 11 is 0. The van der Waals surface area contributed by atoms with Gasteiger partial charge in [-0.15, -0.1) is 0 Å². The molecule has 20 heavy (non-hydrogen) atoms. The molecule has 0 radical (unpaired) electrons. The number of aryl methyl sites for hydroxylation is 1. The Bertz CT molecular complexity index is 782. The van der Waals surface area contributed by atoms with Gasteiger partial charge in [-0.25, -0.2) is 4.98 Å². The van der Waals surface area contributed by atoms with E-state index in [2.05, 4.69) is 16.0 Å². The Labute approximate surface area is 116 Å². The lowest BCUT2D eigenvalue weighted by Crippen LogP contribution is -1.97. The molecule has 1 aromatic heterocycles. The van der Waals surface area contributed by atoms with E-state index in [4.69, 9.17) is 10.00 Å². The normalized spacial score (nSPS) is 10.4. The van der Waals surface area contributed by atoms with Gasteiger partial charge < -0.3 is 9.72 Å². The van der Waals surface area contributed by atoms with Gasteiger partial charge in [-0.05, 0) is 37.3 Å². The average Bonchev–Trinajstić information content (AvgIpc) is 2.88. The number of nitrogens with zero attached hydrogens (tertiary/aromatic N) is 2. The lowest BCUT2D eigenvalue weighted by molar-refractivity contribution is 0.297. The molecule has 0 unspecified atom stereocenters. The first kappa shape index (κ1) is 12.2. The van der Waals surface area contributed by atoms with Crippen LogP contribution in [-0.2, 0) is 6.61 Å². The van der Waals surface area contributed by atoms with Gasteiger partial charge in [0, 0.05) is 0 Å². The second kappa shape index (κ2) is 5.06. The highest BCUT2D eigenvalue weighted by Crippen LogP contribution is 2.16. The summed E-state index contributed by atoms with van der Waals surface area (Å²) in [7, 11) is 0. The fraction of sp³-hybridized carbons (Fsp3) is 0.125. The van der Waals surface area contributed by atoms with Crippen molar-refractivity contribution >= 4 is 11.0 Å². The maximum atomic E-state index is 8.87. The fourth-order valence-electron chi connectivity index (χ4n) is 1.99. The van der Waals surface area contributed by atoms with Gasteiger partial charge in [-0.2, -0.15) is 5.26 Å². The van der Waals surface area contributed by atoms with E-state index < -0.39 is 0 Å². The number of fused-ring (bicyclic) bond motifs is 1. The number of H-pyrrole nitrogens is 1. The Kier molecular flexibility index (Phi) is 3.10. The van der Waals surface area contributed by atoms with Crippen LogP contribution in [-0.4, -0.2) is 9.97 Å². The largest absolute Gasteiger partial charge is 0.486 e. The molecule has 0 aliphatic rings. The van der Waals surface area contributed by atoms with E-state index >= 15 is 0 Å². The molecule has 0 atom stereocenters. The lowest BCUT2D eigenvalue weighted by Gasteiger charge is -2.03. The van der Waals surface area contributed by atoms with Crippen molar-refractivity contribution in [1.82, 2.24) is 9.97 Å². The molecule has 1 heterocycles. The molecule has 0 spiro atoms. The summed E-state index contributed by atoms with van der Waals surface area (Å²) < 4.78 is 5.67. The summed E-state index contributed by atoms with van der Waals surface area (Å²) in [6.07, 6.45) is 0. The second-order valence-corrected chi connectivity index (χ2v) is 4.63. The van der Waals surface area contributed by atoms with Crippen LogP contribution in [0.2, 0.25) is 0 Å². The van der Waals surface area contributed by atoms with Crippen molar-refractivity contribution in [1.29, 1.82) is 5.26 Å². The molecular formula is C16H13N3O. The molecule has 1 N–H and O–H groups in total. The van der Waals surface area contributed by atoms with E-state index in [1.54, 1.807) is 12.1 Å². The van der Waals surface area contributed by atoms with E-state index in [9.17, 15) is 0 Å². The highest BCUT2D eigenvalue weighted by atomic mass is 16.5. The summed E-state index contributed by atoms with van der Waals surface area (Å²) in [5.74, 6) is 1.56. The van der Waals surface area contributed by atoms with E-state index in [0.29, 0.717) is 12.2 Å². The van der Waals surface area contributed by atoms with Crippen molar-refractivity contribution in [2.45, 2.75) is 13.5 Å². The topological polar surface area (TPSA) is 61.7 Å². The smallest absolute Gasteiger partial charge is 0.146 e. The molecule has 0 saturated heterocycles. The van der Waals surface area contributed by atoms with Gasteiger partial charge in [-0.1, -0.05) is 17.7 Å². The number of aromatic nitrogens is 2. The minimum Gasteiger partial charge on any atom is -0.486 e. The lowest BCUT2D eigenvalue weighted by atomic mass is 10.2. The van der Waals surface area contributed by atoms with Crippen molar-refractivity contribution in [3.05, 3.63) is 59.4 Å². The zero-order valence-corrected chi connectivity index (χ0v) is 11.1. The quantitative estimate of drug-likeness (QED) is 0.788. The average molecular weight is 263 g/mol. The second-order valence-electron chi connectivity index (χ2n) is 4.63. The third-order valence-electron chi connectivity index (χ3n) is 3.06. The van der Waals surface area contributed by atoms with E-state index in [1.165, 1.54) is 5.56 Å². The van der Waals surface area contributed by atoms with E-state index in [1.807, 2.05) is 37.3 Å². The number of nitriles is 1. The zero-order valence-electron chi connectivity index (χ0n) is 11.1. The van der Waals surface area contributed by atoms with Crippen LogP contribution in [0.25, 0.3) is 11.0 Å². The van der Waals surface area contributed by atoms with Crippen molar-refractivity contribution in [2.75, 3.05) is 0 Å². The number of hydrogen-bond acceptors (Lipinski definition) is 3. The number of rotatable bonds is 3. The molecule has 0 fully saturated rings. The standard InChI is InChI=1S/C16H13N3O/c1-11-2-5-13(6-3-11)20-10-16-18-14-7-4-12(9-17)8-15(14)19-16/h2-8H,10H2,1H3,(H,18,19). The summed E-state index contributed by atoms with van der Waals surface area (Å²) in [5.41, 5.74) is 3.51. The van der Waals surface area contributed by atoms with Gasteiger partial charge in [0.15, 0.2) is 0 Å². The minimum atomic E-state index is 0.375. The van der Waals surface area contributed by atoms with Crippen LogP contribution < -0.4 is 4.74 Å². The molecule has 3 aromatic rings. The van der Waals surface area contributed by atoms with Crippen LogP contribution >= 0.6 is 0 Å². The summed E-state index contributed by atoms with van der Waals surface area (Å²) in [4.78, 5) is 7.60. The number of hydrogen-bond donors (Lipinski definition) is 1. The highest BCUT2D eigenvalue weighted by molar-refractivity contribution is 5.76. The summed E-state index contributed by atoms with van der Waals surface area (Å²) in [6, 6.07) is 15.4. The highest BCUT2D eigenvalue weighted by Gasteiger charge is 2.04. The van der Waals surface area contributed by atoms with Crippen molar-refractivity contribution in [2.24, 2.45) is 0 Å². The molecule has 4 nitrogen and oxygen atoms in total. The van der Waals surface area contributed by atoms with Gasteiger partial charge in [0.1, 0.15) is 18.2 Å². The first-order valence-electron chi connectivity index (χ1n) is 6.33. The molecule has 3 rings (SSSR count). The fourth-order valence-corrected chi connectivity index (χ4v) is 1.99. The summed E-state index contributed by atoms with van der Waals surface area (Å²) in [6.45, 7) is 2.41. The first-order valence-corrected chi connectivity index (χ1v) is 6.33. The Morgan fingerprint density at radius 1 is 1.20 bits per heavy atom. The molecule has 98 valence electrons. The maximum absolute atomic E-state index is 8.87. The number of imidazole rings is 1. The summed E-state index contributed by atoms with van der Waals surface area (Å²) in [5, 5.41) is 8.87. The zero-order chi connectivity index (χ0) is 13.9. The molecule has 0 aliphatic heterocycles. The van der Waals surface area contributed by atoms with Crippen LogP contribution in [0.4, 0.5) is 0 Å².